The van der Waals surface area contributed by atoms with Crippen LogP contribution in [0.3, 0.4) is 0 Å². The van der Waals surface area contributed by atoms with Gasteiger partial charge in [0.1, 0.15) is 6.61 Å². The summed E-state index contributed by atoms with van der Waals surface area (Å²) in [6.45, 7) is 0.620. The topological polar surface area (TPSA) is 64.1 Å². The Morgan fingerprint density at radius 2 is 1.79 bits per heavy atom. The van der Waals surface area contributed by atoms with Crippen molar-refractivity contribution >= 4 is 23.2 Å². The van der Waals surface area contributed by atoms with Gasteiger partial charge >= 0.3 is 6.09 Å². The highest BCUT2D eigenvalue weighted by molar-refractivity contribution is 5.74. The summed E-state index contributed by atoms with van der Waals surface area (Å²) < 4.78 is 5.13. The standard InChI is InChI=1S/C19H17N3O2/c23-19(24-14-15-7-2-1-3-8-15)20-12-6-9-16-13-21-17-10-4-5-11-18(17)22-16/h1-11,13H,12,14H2,(H,20,23). The molecular formula is C19H17N3O2. The number of hydrogen-bond donors (Lipinski definition) is 1. The molecule has 0 aliphatic rings. The molecule has 0 fully saturated rings. The van der Waals surface area contributed by atoms with Crippen LogP contribution in [0.25, 0.3) is 17.1 Å². The van der Waals surface area contributed by atoms with E-state index in [0.29, 0.717) is 6.54 Å². The van der Waals surface area contributed by atoms with Crippen molar-refractivity contribution in [3.05, 3.63) is 78.1 Å². The summed E-state index contributed by atoms with van der Waals surface area (Å²) in [6, 6.07) is 17.2. The molecule has 0 saturated heterocycles. The van der Waals surface area contributed by atoms with Crippen LogP contribution in [-0.4, -0.2) is 22.6 Å². The summed E-state index contributed by atoms with van der Waals surface area (Å²) in [7, 11) is 0. The van der Waals surface area contributed by atoms with E-state index in [2.05, 4.69) is 15.3 Å². The van der Waals surface area contributed by atoms with Gasteiger partial charge < -0.3 is 10.1 Å². The molecule has 0 radical (unpaired) electrons. The van der Waals surface area contributed by atoms with Crippen LogP contribution in [0.1, 0.15) is 11.3 Å². The van der Waals surface area contributed by atoms with Gasteiger partial charge in [-0.05, 0) is 23.8 Å². The first kappa shape index (κ1) is 15.7. The number of carbonyl (C=O) groups is 1. The number of nitrogens with zero attached hydrogens (tertiary/aromatic N) is 2. The number of amides is 1. The maximum Gasteiger partial charge on any atom is 0.407 e. The Morgan fingerprint density at radius 3 is 2.62 bits per heavy atom. The number of carbonyl (C=O) groups excluding carboxylic acids is 1. The van der Waals surface area contributed by atoms with Gasteiger partial charge in [-0.15, -0.1) is 0 Å². The Labute approximate surface area is 140 Å². The van der Waals surface area contributed by atoms with E-state index in [4.69, 9.17) is 4.74 Å². The van der Waals surface area contributed by atoms with Gasteiger partial charge in [0.25, 0.3) is 0 Å². The normalized spacial score (nSPS) is 10.8. The number of aromatic nitrogens is 2. The number of rotatable bonds is 5. The molecule has 1 N–H and O–H groups in total. The molecular weight excluding hydrogens is 302 g/mol. The molecule has 0 saturated carbocycles. The van der Waals surface area contributed by atoms with Crippen molar-refractivity contribution in [2.75, 3.05) is 6.54 Å². The molecule has 5 nitrogen and oxygen atoms in total. The highest BCUT2D eigenvalue weighted by atomic mass is 16.5. The highest BCUT2D eigenvalue weighted by Crippen LogP contribution is 2.09. The number of hydrogen-bond acceptors (Lipinski definition) is 4. The van der Waals surface area contributed by atoms with E-state index in [1.807, 2.05) is 66.7 Å². The van der Waals surface area contributed by atoms with Crippen molar-refractivity contribution in [2.45, 2.75) is 6.61 Å². The summed E-state index contributed by atoms with van der Waals surface area (Å²) in [4.78, 5) is 20.4. The average Bonchev–Trinajstić information content (AvgIpc) is 2.64. The lowest BCUT2D eigenvalue weighted by atomic mass is 10.2. The summed E-state index contributed by atoms with van der Waals surface area (Å²) in [5.41, 5.74) is 3.40. The van der Waals surface area contributed by atoms with Crippen LogP contribution in [0, 0.1) is 0 Å². The van der Waals surface area contributed by atoms with E-state index in [9.17, 15) is 4.79 Å². The molecule has 1 heterocycles. The zero-order valence-electron chi connectivity index (χ0n) is 13.1. The maximum atomic E-state index is 11.6. The molecule has 1 aromatic heterocycles. The minimum atomic E-state index is -0.451. The third-order valence-electron chi connectivity index (χ3n) is 3.33. The third kappa shape index (κ3) is 4.39. The zero-order valence-corrected chi connectivity index (χ0v) is 13.1. The van der Waals surface area contributed by atoms with Gasteiger partial charge in [-0.2, -0.15) is 0 Å². The molecule has 3 rings (SSSR count). The smallest absolute Gasteiger partial charge is 0.407 e. The molecule has 0 aliphatic heterocycles. The molecule has 2 aromatic carbocycles. The Bertz CT molecular complexity index is 847. The van der Waals surface area contributed by atoms with Gasteiger partial charge in [0, 0.05) is 6.54 Å². The van der Waals surface area contributed by atoms with E-state index < -0.39 is 6.09 Å². The monoisotopic (exact) mass is 319 g/mol. The number of fused-ring (bicyclic) bond motifs is 1. The molecule has 1 amide bonds. The van der Waals surface area contributed by atoms with Crippen LogP contribution in [0.4, 0.5) is 4.79 Å². The fourth-order valence-corrected chi connectivity index (χ4v) is 2.15. The molecule has 0 bridgehead atoms. The van der Waals surface area contributed by atoms with Crippen molar-refractivity contribution in [1.82, 2.24) is 15.3 Å². The Balaban J connectivity index is 1.46. The quantitative estimate of drug-likeness (QED) is 0.781. The lowest BCUT2D eigenvalue weighted by Crippen LogP contribution is -2.24. The predicted molar refractivity (Wildman–Crippen MR) is 93.2 cm³/mol. The van der Waals surface area contributed by atoms with E-state index >= 15 is 0 Å². The van der Waals surface area contributed by atoms with Gasteiger partial charge in [0.05, 0.1) is 22.9 Å². The van der Waals surface area contributed by atoms with E-state index in [0.717, 1.165) is 22.3 Å². The van der Waals surface area contributed by atoms with Gasteiger partial charge in [0.15, 0.2) is 0 Å². The van der Waals surface area contributed by atoms with E-state index in [1.54, 1.807) is 6.20 Å². The average molecular weight is 319 g/mol. The predicted octanol–water partition coefficient (Wildman–Crippen LogP) is 3.57. The van der Waals surface area contributed by atoms with Crippen LogP contribution in [-0.2, 0) is 11.3 Å². The molecule has 3 aromatic rings. The largest absolute Gasteiger partial charge is 0.445 e. The first-order valence-corrected chi connectivity index (χ1v) is 7.64. The van der Waals surface area contributed by atoms with Crippen molar-refractivity contribution in [3.63, 3.8) is 0 Å². The van der Waals surface area contributed by atoms with Gasteiger partial charge in [-0.1, -0.05) is 48.5 Å². The van der Waals surface area contributed by atoms with Gasteiger partial charge in [-0.3, -0.25) is 4.98 Å². The number of benzene rings is 2. The number of para-hydroxylation sites is 2. The van der Waals surface area contributed by atoms with Gasteiger partial charge in [0.2, 0.25) is 0 Å². The SMILES string of the molecule is O=C(NCC=Cc1cnc2ccccc2n1)OCc1ccccc1. The molecule has 0 unspecified atom stereocenters. The van der Waals surface area contributed by atoms with Crippen molar-refractivity contribution in [1.29, 1.82) is 0 Å². The zero-order chi connectivity index (χ0) is 16.6. The molecule has 0 aliphatic carbocycles. The summed E-state index contributed by atoms with van der Waals surface area (Å²) >= 11 is 0. The Morgan fingerprint density at radius 1 is 1.04 bits per heavy atom. The Kier molecular flexibility index (Phi) is 5.14. The highest BCUT2D eigenvalue weighted by Gasteiger charge is 2.00. The summed E-state index contributed by atoms with van der Waals surface area (Å²) in [6.07, 6.45) is 4.87. The molecule has 0 atom stereocenters. The summed E-state index contributed by atoms with van der Waals surface area (Å²) in [5.74, 6) is 0. The second-order valence-corrected chi connectivity index (χ2v) is 5.13. The minimum absolute atomic E-state index is 0.256. The van der Waals surface area contributed by atoms with Crippen LogP contribution < -0.4 is 5.32 Å². The third-order valence-corrected chi connectivity index (χ3v) is 3.33. The molecule has 5 heteroatoms. The van der Waals surface area contributed by atoms with E-state index in [1.165, 1.54) is 0 Å². The van der Waals surface area contributed by atoms with Gasteiger partial charge in [-0.25, -0.2) is 9.78 Å². The fourth-order valence-electron chi connectivity index (χ4n) is 2.15. The minimum Gasteiger partial charge on any atom is -0.445 e. The second kappa shape index (κ2) is 7.87. The van der Waals surface area contributed by atoms with Crippen LogP contribution in [0.15, 0.2) is 66.9 Å². The fraction of sp³-hybridized carbons (Fsp3) is 0.105. The Hall–Kier alpha value is -3.21. The lowest BCUT2D eigenvalue weighted by Gasteiger charge is -2.05. The number of ether oxygens (including phenoxy) is 1. The van der Waals surface area contributed by atoms with Crippen molar-refractivity contribution < 1.29 is 9.53 Å². The first-order valence-electron chi connectivity index (χ1n) is 7.64. The first-order chi connectivity index (χ1) is 11.8. The molecule has 0 spiro atoms. The van der Waals surface area contributed by atoms with Crippen molar-refractivity contribution in [2.24, 2.45) is 0 Å². The molecule has 24 heavy (non-hydrogen) atoms. The van der Waals surface area contributed by atoms with Crippen LogP contribution >= 0.6 is 0 Å². The molecule has 120 valence electrons. The number of alkyl carbamates (subject to hydrolysis) is 1. The maximum absolute atomic E-state index is 11.6. The summed E-state index contributed by atoms with van der Waals surface area (Å²) in [5, 5.41) is 2.66. The van der Waals surface area contributed by atoms with Crippen LogP contribution in [0.2, 0.25) is 0 Å². The second-order valence-electron chi connectivity index (χ2n) is 5.13. The lowest BCUT2D eigenvalue weighted by molar-refractivity contribution is 0.141. The van der Waals surface area contributed by atoms with Crippen molar-refractivity contribution in [3.8, 4) is 0 Å². The van der Waals surface area contributed by atoms with Crippen LogP contribution in [0.5, 0.6) is 0 Å². The van der Waals surface area contributed by atoms with E-state index in [-0.39, 0.29) is 6.61 Å². The number of nitrogens with one attached hydrogen (secondary N) is 1.